The van der Waals surface area contributed by atoms with Crippen molar-refractivity contribution in [1.82, 2.24) is 0 Å². The fourth-order valence-corrected chi connectivity index (χ4v) is 0.849. The molecule has 0 aromatic rings. The monoisotopic (exact) mass is 294 g/mol. The first kappa shape index (κ1) is 17.3. The normalized spacial score (nSPS) is 16.0. The molecule has 0 bridgehead atoms. The minimum atomic E-state index is -7.03. The van der Waals surface area contributed by atoms with Gasteiger partial charge in [0, 0.05) is 6.42 Å². The van der Waals surface area contributed by atoms with E-state index in [-0.39, 0.29) is 0 Å². The molecule has 0 spiro atoms. The van der Waals surface area contributed by atoms with Crippen LogP contribution in [0.3, 0.4) is 0 Å². The van der Waals surface area contributed by atoms with E-state index in [0.717, 1.165) is 0 Å². The van der Waals surface area contributed by atoms with Gasteiger partial charge in [-0.2, -0.15) is 39.5 Å². The van der Waals surface area contributed by atoms with E-state index in [1.54, 1.807) is 0 Å². The van der Waals surface area contributed by atoms with Crippen LogP contribution in [0.2, 0.25) is 0 Å². The number of aliphatic hydroxyl groups is 2. The zero-order valence-corrected chi connectivity index (χ0v) is 8.50. The molecule has 0 aliphatic carbocycles. The largest absolute Gasteiger partial charge is 0.400 e. The molecule has 0 saturated heterocycles. The molecule has 0 aliphatic heterocycles. The average molecular weight is 294 g/mol. The van der Waals surface area contributed by atoms with Gasteiger partial charge in [-0.15, -0.1) is 0 Å². The standard InChI is InChI=1S/C7H7F9O2/c1-2-3(8,9)4(10,11)5(12,13)6(14,15)7(16,17)18/h17-18H,2H2,1H3. The van der Waals surface area contributed by atoms with Crippen molar-refractivity contribution in [2.24, 2.45) is 0 Å². The van der Waals surface area contributed by atoms with Crippen molar-refractivity contribution in [3.05, 3.63) is 0 Å². The van der Waals surface area contributed by atoms with E-state index in [2.05, 4.69) is 0 Å². The van der Waals surface area contributed by atoms with E-state index in [9.17, 15) is 39.5 Å². The molecule has 0 aromatic heterocycles. The molecule has 11 heteroatoms. The van der Waals surface area contributed by atoms with Crippen LogP contribution in [0.5, 0.6) is 0 Å². The van der Waals surface area contributed by atoms with Crippen LogP contribution in [-0.2, 0) is 0 Å². The van der Waals surface area contributed by atoms with E-state index in [1.807, 2.05) is 0 Å². The summed E-state index contributed by atoms with van der Waals surface area (Å²) in [6, 6.07) is -6.09. The summed E-state index contributed by atoms with van der Waals surface area (Å²) in [7, 11) is 0. The second-order valence-corrected chi connectivity index (χ2v) is 3.37. The third kappa shape index (κ3) is 2.13. The second kappa shape index (κ2) is 4.15. The molecule has 110 valence electrons. The summed E-state index contributed by atoms with van der Waals surface area (Å²) in [4.78, 5) is 0. The Morgan fingerprint density at radius 2 is 1.00 bits per heavy atom. The van der Waals surface area contributed by atoms with E-state index < -0.39 is 36.2 Å². The van der Waals surface area contributed by atoms with Crippen molar-refractivity contribution in [2.75, 3.05) is 0 Å². The Labute approximate surface area is 94.0 Å². The zero-order valence-electron chi connectivity index (χ0n) is 8.50. The fraction of sp³-hybridized carbons (Fsp3) is 1.00. The predicted molar refractivity (Wildman–Crippen MR) is 38.4 cm³/mol. The highest BCUT2D eigenvalue weighted by molar-refractivity contribution is 5.05. The van der Waals surface area contributed by atoms with Crippen LogP contribution in [0, 0.1) is 0 Å². The maximum Gasteiger partial charge on any atom is 0.400 e. The molecule has 0 radical (unpaired) electrons. The van der Waals surface area contributed by atoms with Gasteiger partial charge in [-0.05, 0) is 0 Å². The third-order valence-electron chi connectivity index (χ3n) is 2.09. The minimum absolute atomic E-state index is 0.294. The maximum absolute atomic E-state index is 12.6. The second-order valence-electron chi connectivity index (χ2n) is 3.37. The van der Waals surface area contributed by atoms with Gasteiger partial charge in [0.15, 0.2) is 0 Å². The van der Waals surface area contributed by atoms with Crippen LogP contribution >= 0.6 is 0 Å². The highest BCUT2D eigenvalue weighted by Gasteiger charge is 2.85. The molecule has 0 rings (SSSR count). The molecule has 0 saturated carbocycles. The summed E-state index contributed by atoms with van der Waals surface area (Å²) >= 11 is 0. The summed E-state index contributed by atoms with van der Waals surface area (Å²) in [5, 5.41) is 15.3. The van der Waals surface area contributed by atoms with E-state index >= 15 is 0 Å². The molecule has 0 fully saturated rings. The van der Waals surface area contributed by atoms with Gasteiger partial charge >= 0.3 is 29.7 Å². The highest BCUT2D eigenvalue weighted by Crippen LogP contribution is 2.56. The Morgan fingerprint density at radius 3 is 1.22 bits per heavy atom. The summed E-state index contributed by atoms with van der Waals surface area (Å²) < 4.78 is 112. The Balaban J connectivity index is 5.80. The van der Waals surface area contributed by atoms with Gasteiger partial charge in [0.1, 0.15) is 0 Å². The van der Waals surface area contributed by atoms with Gasteiger partial charge in [-0.1, -0.05) is 6.92 Å². The van der Waals surface area contributed by atoms with Crippen molar-refractivity contribution in [1.29, 1.82) is 0 Å². The van der Waals surface area contributed by atoms with Crippen LogP contribution in [0.1, 0.15) is 13.3 Å². The van der Waals surface area contributed by atoms with Gasteiger partial charge in [-0.3, -0.25) is 0 Å². The Morgan fingerprint density at radius 1 is 0.667 bits per heavy atom. The molecular formula is C7H7F9O2. The first-order valence-corrected chi connectivity index (χ1v) is 4.21. The van der Waals surface area contributed by atoms with E-state index in [1.165, 1.54) is 0 Å². The number of hydrogen-bond acceptors (Lipinski definition) is 2. The average Bonchev–Trinajstić information content (AvgIpc) is 2.15. The van der Waals surface area contributed by atoms with E-state index in [0.29, 0.717) is 6.92 Å². The highest BCUT2D eigenvalue weighted by atomic mass is 19.4. The smallest absolute Gasteiger partial charge is 0.335 e. The predicted octanol–water partition coefficient (Wildman–Crippen LogP) is 2.55. The Hall–Kier alpha value is -0.710. The molecular weight excluding hydrogens is 287 g/mol. The minimum Gasteiger partial charge on any atom is -0.335 e. The zero-order chi connectivity index (χ0) is 15.2. The lowest BCUT2D eigenvalue weighted by molar-refractivity contribution is -0.456. The van der Waals surface area contributed by atoms with Crippen molar-refractivity contribution >= 4 is 0 Å². The Bertz CT molecular complexity index is 307. The van der Waals surface area contributed by atoms with Crippen LogP contribution < -0.4 is 0 Å². The molecule has 0 unspecified atom stereocenters. The van der Waals surface area contributed by atoms with Crippen LogP contribution in [0.25, 0.3) is 0 Å². The summed E-state index contributed by atoms with van der Waals surface area (Å²) in [5.41, 5.74) is 0. The quantitative estimate of drug-likeness (QED) is 0.604. The lowest BCUT2D eigenvalue weighted by Gasteiger charge is -2.38. The topological polar surface area (TPSA) is 40.5 Å². The summed E-state index contributed by atoms with van der Waals surface area (Å²) in [5.74, 6) is -26.2. The SMILES string of the molecule is CCC(F)(F)C(F)(F)C(F)(F)C(F)(F)C(O)(O)F. The van der Waals surface area contributed by atoms with Crippen molar-refractivity contribution in [2.45, 2.75) is 43.1 Å². The number of rotatable bonds is 5. The lowest BCUT2D eigenvalue weighted by Crippen LogP contribution is -2.68. The number of halogens is 9. The Kier molecular flexibility index (Phi) is 3.99. The molecule has 2 nitrogen and oxygen atoms in total. The van der Waals surface area contributed by atoms with Crippen molar-refractivity contribution in [3.8, 4) is 0 Å². The maximum atomic E-state index is 12.6. The lowest BCUT2D eigenvalue weighted by atomic mass is 9.96. The van der Waals surface area contributed by atoms with Crippen LogP contribution in [-0.4, -0.2) is 39.9 Å². The van der Waals surface area contributed by atoms with Crippen LogP contribution in [0.15, 0.2) is 0 Å². The number of hydrogen-bond donors (Lipinski definition) is 2. The summed E-state index contributed by atoms with van der Waals surface area (Å²) in [6.45, 7) is 0.294. The first-order chi connectivity index (χ1) is 7.56. The number of alkyl halides is 9. The molecule has 2 N–H and O–H groups in total. The van der Waals surface area contributed by atoms with Gasteiger partial charge in [-0.25, -0.2) is 0 Å². The fourth-order valence-electron chi connectivity index (χ4n) is 0.849. The van der Waals surface area contributed by atoms with Gasteiger partial charge in [0.05, 0.1) is 0 Å². The molecule has 0 aliphatic rings. The van der Waals surface area contributed by atoms with Crippen LogP contribution in [0.4, 0.5) is 39.5 Å². The molecule has 0 amide bonds. The molecule has 0 aromatic carbocycles. The van der Waals surface area contributed by atoms with Crippen molar-refractivity contribution in [3.63, 3.8) is 0 Å². The third-order valence-corrected chi connectivity index (χ3v) is 2.09. The van der Waals surface area contributed by atoms with Crippen molar-refractivity contribution < 1.29 is 49.7 Å². The molecule has 0 heterocycles. The molecule has 0 atom stereocenters. The van der Waals surface area contributed by atoms with Gasteiger partial charge < -0.3 is 10.2 Å². The summed E-state index contributed by atoms with van der Waals surface area (Å²) in [6.07, 6.45) is -1.96. The first-order valence-electron chi connectivity index (χ1n) is 4.21. The molecule has 18 heavy (non-hydrogen) atoms. The van der Waals surface area contributed by atoms with Gasteiger partial charge in [0.2, 0.25) is 0 Å². The van der Waals surface area contributed by atoms with Gasteiger partial charge in [0.25, 0.3) is 0 Å². The van der Waals surface area contributed by atoms with E-state index in [4.69, 9.17) is 10.2 Å².